The number of carboxylic acid groups (broad SMARTS) is 1. The second-order valence-electron chi connectivity index (χ2n) is 5.53. The molecular formula is C15H21N3O5S. The first kappa shape index (κ1) is 18.2. The molecule has 0 saturated carbocycles. The second kappa shape index (κ2) is 8.09. The molecule has 0 radical (unpaired) electrons. The van der Waals surface area contributed by atoms with E-state index in [1.165, 1.54) is 18.4 Å². The van der Waals surface area contributed by atoms with E-state index in [2.05, 4.69) is 10.3 Å². The summed E-state index contributed by atoms with van der Waals surface area (Å²) in [5.74, 6) is -1.35. The predicted molar refractivity (Wildman–Crippen MR) is 87.1 cm³/mol. The minimum absolute atomic E-state index is 0.0257. The predicted octanol–water partition coefficient (Wildman–Crippen LogP) is 1.95. The van der Waals surface area contributed by atoms with Gasteiger partial charge >= 0.3 is 18.0 Å². The first-order valence-electron chi connectivity index (χ1n) is 7.76. The molecule has 0 bridgehead atoms. The molecule has 1 aliphatic rings. The van der Waals surface area contributed by atoms with Gasteiger partial charge in [-0.3, -0.25) is 4.79 Å². The van der Waals surface area contributed by atoms with E-state index in [1.54, 1.807) is 11.8 Å². The lowest BCUT2D eigenvalue weighted by Crippen LogP contribution is -2.40. The molecule has 1 unspecified atom stereocenters. The Bertz CT molecular complexity index is 631. The zero-order valence-corrected chi connectivity index (χ0v) is 14.5. The normalized spacial score (nSPS) is 16.9. The number of nitrogens with one attached hydrogen (secondary N) is 1. The Morgan fingerprint density at radius 2 is 2.21 bits per heavy atom. The third-order valence-electron chi connectivity index (χ3n) is 3.83. The van der Waals surface area contributed by atoms with Crippen LogP contribution in [0, 0.1) is 6.92 Å². The third kappa shape index (κ3) is 4.22. The quantitative estimate of drug-likeness (QED) is 0.596. The first-order valence-corrected chi connectivity index (χ1v) is 8.57. The number of rotatable bonds is 6. The first-order chi connectivity index (χ1) is 11.4. The van der Waals surface area contributed by atoms with E-state index in [0.717, 1.165) is 22.7 Å². The number of esters is 1. The number of aromatic nitrogens is 1. The number of thiazole rings is 1. The summed E-state index contributed by atoms with van der Waals surface area (Å²) in [6, 6.07) is -0.387. The van der Waals surface area contributed by atoms with Gasteiger partial charge in [-0.15, -0.1) is 11.3 Å². The van der Waals surface area contributed by atoms with E-state index in [9.17, 15) is 14.4 Å². The van der Waals surface area contributed by atoms with Crippen molar-refractivity contribution < 1.29 is 24.2 Å². The van der Waals surface area contributed by atoms with Gasteiger partial charge in [0.1, 0.15) is 5.01 Å². The van der Waals surface area contributed by atoms with Crippen molar-refractivity contribution >= 4 is 29.3 Å². The summed E-state index contributed by atoms with van der Waals surface area (Å²) >= 11 is 1.40. The van der Waals surface area contributed by atoms with Gasteiger partial charge in [-0.2, -0.15) is 0 Å². The van der Waals surface area contributed by atoms with Gasteiger partial charge in [0.05, 0.1) is 13.2 Å². The van der Waals surface area contributed by atoms with Gasteiger partial charge < -0.3 is 20.1 Å². The van der Waals surface area contributed by atoms with Crippen LogP contribution in [0.3, 0.4) is 0 Å². The molecule has 2 rings (SSSR count). The smallest absolute Gasteiger partial charge is 0.357 e. The molecule has 0 aliphatic carbocycles. The van der Waals surface area contributed by atoms with Crippen LogP contribution in [-0.2, 0) is 9.53 Å². The fourth-order valence-electron chi connectivity index (χ4n) is 2.65. The van der Waals surface area contributed by atoms with Gasteiger partial charge in [-0.1, -0.05) is 0 Å². The summed E-state index contributed by atoms with van der Waals surface area (Å²) in [5, 5.41) is 12.1. The number of amides is 2. The van der Waals surface area contributed by atoms with Crippen molar-refractivity contribution in [1.29, 1.82) is 0 Å². The van der Waals surface area contributed by atoms with Gasteiger partial charge in [0, 0.05) is 24.4 Å². The summed E-state index contributed by atoms with van der Waals surface area (Å²) in [4.78, 5) is 41.3. The Balaban J connectivity index is 2.01. The number of hydrogen-bond donors (Lipinski definition) is 2. The molecule has 1 fully saturated rings. The molecule has 1 atom stereocenters. The van der Waals surface area contributed by atoms with E-state index in [-0.39, 0.29) is 18.5 Å². The van der Waals surface area contributed by atoms with E-state index in [4.69, 9.17) is 9.84 Å². The Labute approximate surface area is 143 Å². The summed E-state index contributed by atoms with van der Waals surface area (Å²) in [6.45, 7) is 2.74. The Morgan fingerprint density at radius 3 is 2.88 bits per heavy atom. The molecule has 1 saturated heterocycles. The number of likely N-dealkylation sites (tertiary alicyclic amines) is 1. The molecule has 132 valence electrons. The highest BCUT2D eigenvalue weighted by Gasteiger charge is 2.33. The molecule has 2 heterocycles. The minimum Gasteiger partial charge on any atom is -0.481 e. The second-order valence-corrected chi connectivity index (χ2v) is 6.76. The van der Waals surface area contributed by atoms with Gasteiger partial charge in [0.15, 0.2) is 5.69 Å². The Hall–Kier alpha value is -2.16. The van der Waals surface area contributed by atoms with Crippen LogP contribution in [0.4, 0.5) is 4.79 Å². The molecule has 8 nitrogen and oxygen atoms in total. The highest BCUT2D eigenvalue weighted by molar-refractivity contribution is 7.12. The average molecular weight is 355 g/mol. The molecule has 1 aromatic rings. The van der Waals surface area contributed by atoms with Crippen LogP contribution in [0.2, 0.25) is 0 Å². The fraction of sp³-hybridized carbons (Fsp3) is 0.600. The third-order valence-corrected chi connectivity index (χ3v) is 4.91. The van der Waals surface area contributed by atoms with Crippen LogP contribution < -0.4 is 5.32 Å². The molecule has 9 heteroatoms. The highest BCUT2D eigenvalue weighted by Crippen LogP contribution is 2.35. The van der Waals surface area contributed by atoms with Crippen molar-refractivity contribution in [2.75, 3.05) is 20.2 Å². The summed E-state index contributed by atoms with van der Waals surface area (Å²) in [7, 11) is 1.31. The van der Waals surface area contributed by atoms with E-state index >= 15 is 0 Å². The van der Waals surface area contributed by atoms with E-state index in [0.29, 0.717) is 25.2 Å². The number of carbonyl (C=O) groups excluding carboxylic acids is 2. The van der Waals surface area contributed by atoms with Crippen LogP contribution in [0.1, 0.15) is 52.1 Å². The number of ether oxygens (including phenoxy) is 1. The number of methoxy groups -OCH3 is 1. The van der Waals surface area contributed by atoms with Crippen LogP contribution in [-0.4, -0.2) is 53.2 Å². The lowest BCUT2D eigenvalue weighted by molar-refractivity contribution is -0.137. The lowest BCUT2D eigenvalue weighted by atomic mass is 10.2. The van der Waals surface area contributed by atoms with E-state index in [1.807, 2.05) is 0 Å². The fourth-order valence-corrected chi connectivity index (χ4v) is 3.71. The number of urea groups is 1. The van der Waals surface area contributed by atoms with Crippen molar-refractivity contribution in [2.24, 2.45) is 0 Å². The average Bonchev–Trinajstić information content (AvgIpc) is 3.16. The molecule has 1 aromatic heterocycles. The van der Waals surface area contributed by atoms with Crippen molar-refractivity contribution in [2.45, 2.75) is 38.6 Å². The summed E-state index contributed by atoms with van der Waals surface area (Å²) < 4.78 is 4.72. The van der Waals surface area contributed by atoms with Crippen LogP contribution in [0.15, 0.2) is 0 Å². The van der Waals surface area contributed by atoms with Crippen molar-refractivity contribution in [3.05, 3.63) is 15.6 Å². The van der Waals surface area contributed by atoms with E-state index < -0.39 is 11.9 Å². The zero-order chi connectivity index (χ0) is 17.7. The van der Waals surface area contributed by atoms with Crippen molar-refractivity contribution in [1.82, 2.24) is 15.2 Å². The molecule has 0 aromatic carbocycles. The number of carboxylic acids is 1. The maximum atomic E-state index is 12.3. The number of nitrogens with zero attached hydrogens (tertiary/aromatic N) is 2. The van der Waals surface area contributed by atoms with Gasteiger partial charge in [-0.25, -0.2) is 14.6 Å². The molecule has 2 amide bonds. The lowest BCUT2D eigenvalue weighted by Gasteiger charge is -2.23. The largest absolute Gasteiger partial charge is 0.481 e. The van der Waals surface area contributed by atoms with Gasteiger partial charge in [0.25, 0.3) is 0 Å². The molecule has 24 heavy (non-hydrogen) atoms. The van der Waals surface area contributed by atoms with Crippen LogP contribution in [0.5, 0.6) is 0 Å². The van der Waals surface area contributed by atoms with Crippen LogP contribution in [0.25, 0.3) is 0 Å². The van der Waals surface area contributed by atoms with Crippen molar-refractivity contribution in [3.8, 4) is 0 Å². The van der Waals surface area contributed by atoms with Crippen LogP contribution >= 0.6 is 11.3 Å². The topological polar surface area (TPSA) is 109 Å². The number of aryl methyl sites for hydroxylation is 1. The number of carbonyl (C=O) groups is 3. The summed E-state index contributed by atoms with van der Waals surface area (Å²) in [5.41, 5.74) is 0.297. The maximum absolute atomic E-state index is 12.3. The molecule has 0 spiro atoms. The summed E-state index contributed by atoms with van der Waals surface area (Å²) in [6.07, 6.45) is 2.07. The number of hydrogen-bond acceptors (Lipinski definition) is 6. The standard InChI is InChI=1S/C15H21N3O5S/c1-9-12(14(21)23-2)17-13(24-9)10-5-4-8-18(10)15(22)16-7-3-6-11(19)20/h10H,3-8H2,1-2H3,(H,16,22)(H,19,20). The minimum atomic E-state index is -0.878. The number of aliphatic carboxylic acids is 1. The van der Waals surface area contributed by atoms with Crippen molar-refractivity contribution in [3.63, 3.8) is 0 Å². The van der Waals surface area contributed by atoms with Gasteiger partial charge in [-0.05, 0) is 26.2 Å². The molecular weight excluding hydrogens is 334 g/mol. The maximum Gasteiger partial charge on any atom is 0.357 e. The molecule has 1 aliphatic heterocycles. The highest BCUT2D eigenvalue weighted by atomic mass is 32.1. The monoisotopic (exact) mass is 355 g/mol. The SMILES string of the molecule is COC(=O)c1nc(C2CCCN2C(=O)NCCCC(=O)O)sc1C. The van der Waals surface area contributed by atoms with Gasteiger partial charge in [0.2, 0.25) is 0 Å². The Kier molecular flexibility index (Phi) is 6.13. The Morgan fingerprint density at radius 1 is 1.46 bits per heavy atom. The zero-order valence-electron chi connectivity index (χ0n) is 13.7. The molecule has 2 N–H and O–H groups in total.